The van der Waals surface area contributed by atoms with Crippen LogP contribution in [0.3, 0.4) is 0 Å². The summed E-state index contributed by atoms with van der Waals surface area (Å²) in [6.45, 7) is 4.01. The fraction of sp³-hybridized carbons (Fsp3) is 0.136. The number of nitrogens with zero attached hydrogens (tertiary/aromatic N) is 3. The Morgan fingerprint density at radius 1 is 1.06 bits per heavy atom. The third-order valence-corrected chi connectivity index (χ3v) is 6.40. The molecule has 32 heavy (non-hydrogen) atoms. The highest BCUT2D eigenvalue weighted by Gasteiger charge is 2.18. The number of amides is 1. The number of benzene rings is 2. The molecule has 2 N–H and O–H groups in total. The molecule has 0 saturated carbocycles. The number of sulfonamides is 1. The summed E-state index contributed by atoms with van der Waals surface area (Å²) < 4.78 is 29.8. The van der Waals surface area contributed by atoms with Crippen LogP contribution in [0.1, 0.15) is 30.2 Å². The summed E-state index contributed by atoms with van der Waals surface area (Å²) in [5, 5.41) is 8.12. The molecule has 2 heterocycles. The van der Waals surface area contributed by atoms with Crippen molar-refractivity contribution in [1.29, 1.82) is 0 Å². The van der Waals surface area contributed by atoms with Crippen molar-refractivity contribution >= 4 is 49.9 Å². The molecule has 0 fully saturated rings. The van der Waals surface area contributed by atoms with Gasteiger partial charge in [0.1, 0.15) is 0 Å². The van der Waals surface area contributed by atoms with Crippen LogP contribution in [0.15, 0.2) is 71.9 Å². The monoisotopic (exact) mass is 469 g/mol. The standard InChI is InChI=1S/C22H20ClN5O3S/c1-14(2)28-21-16(12-25-28)10-17(13-24-21)26-22(29)15-6-5-7-18(11-15)32(30,31)27-20-9-4-3-8-19(20)23/h3-14,27H,1-2H3,(H,26,29). The van der Waals surface area contributed by atoms with Crippen molar-refractivity contribution < 1.29 is 13.2 Å². The molecule has 164 valence electrons. The van der Waals surface area contributed by atoms with Gasteiger partial charge in [-0.1, -0.05) is 29.8 Å². The van der Waals surface area contributed by atoms with Gasteiger partial charge in [0, 0.05) is 17.0 Å². The molecule has 1 amide bonds. The molecule has 2 aromatic heterocycles. The highest BCUT2D eigenvalue weighted by atomic mass is 35.5. The lowest BCUT2D eigenvalue weighted by Gasteiger charge is -2.11. The van der Waals surface area contributed by atoms with E-state index in [9.17, 15) is 13.2 Å². The fourth-order valence-corrected chi connectivity index (χ4v) is 4.51. The first kappa shape index (κ1) is 21.8. The van der Waals surface area contributed by atoms with Crippen molar-refractivity contribution in [1.82, 2.24) is 14.8 Å². The Balaban J connectivity index is 1.56. The molecule has 0 radical (unpaired) electrons. The van der Waals surface area contributed by atoms with E-state index in [1.54, 1.807) is 47.4 Å². The van der Waals surface area contributed by atoms with Gasteiger partial charge >= 0.3 is 0 Å². The normalized spacial score (nSPS) is 11.6. The molecule has 0 atom stereocenters. The van der Waals surface area contributed by atoms with E-state index >= 15 is 0 Å². The van der Waals surface area contributed by atoms with E-state index in [0.717, 1.165) is 11.0 Å². The number of hydrogen-bond acceptors (Lipinski definition) is 5. The van der Waals surface area contributed by atoms with Crippen molar-refractivity contribution in [2.45, 2.75) is 24.8 Å². The minimum absolute atomic E-state index is 0.0585. The molecule has 0 bridgehead atoms. The number of fused-ring (bicyclic) bond motifs is 1. The van der Waals surface area contributed by atoms with Crippen LogP contribution in [0.25, 0.3) is 11.0 Å². The van der Waals surface area contributed by atoms with Gasteiger partial charge in [-0.3, -0.25) is 9.52 Å². The van der Waals surface area contributed by atoms with Gasteiger partial charge in [-0.15, -0.1) is 0 Å². The average molecular weight is 470 g/mol. The van der Waals surface area contributed by atoms with Gasteiger partial charge in [-0.25, -0.2) is 18.1 Å². The number of para-hydroxylation sites is 1. The van der Waals surface area contributed by atoms with E-state index in [4.69, 9.17) is 11.6 Å². The molecule has 2 aromatic carbocycles. The molecule has 10 heteroatoms. The molecular weight excluding hydrogens is 450 g/mol. The van der Waals surface area contributed by atoms with Crippen molar-refractivity contribution in [3.63, 3.8) is 0 Å². The summed E-state index contributed by atoms with van der Waals surface area (Å²) in [6.07, 6.45) is 3.23. The van der Waals surface area contributed by atoms with Gasteiger partial charge in [0.25, 0.3) is 15.9 Å². The predicted molar refractivity (Wildman–Crippen MR) is 125 cm³/mol. The predicted octanol–water partition coefficient (Wildman–Crippen LogP) is 4.72. The summed E-state index contributed by atoms with van der Waals surface area (Å²) in [5.41, 5.74) is 1.64. The zero-order chi connectivity index (χ0) is 22.9. The maximum atomic E-state index is 12.8. The first-order valence-electron chi connectivity index (χ1n) is 9.76. The number of anilines is 2. The number of rotatable bonds is 6. The summed E-state index contributed by atoms with van der Waals surface area (Å²) in [4.78, 5) is 17.1. The second-order valence-corrected chi connectivity index (χ2v) is 9.48. The molecule has 0 unspecified atom stereocenters. The molecule has 4 aromatic rings. The SMILES string of the molecule is CC(C)n1ncc2cc(NC(=O)c3cccc(S(=O)(=O)Nc4ccccc4Cl)c3)cnc21. The molecule has 0 aliphatic carbocycles. The van der Waals surface area contributed by atoms with Crippen LogP contribution in [-0.2, 0) is 10.0 Å². The van der Waals surface area contributed by atoms with Gasteiger partial charge in [-0.05, 0) is 50.2 Å². The lowest BCUT2D eigenvalue weighted by Crippen LogP contribution is -2.16. The van der Waals surface area contributed by atoms with Crippen LogP contribution in [-0.4, -0.2) is 29.1 Å². The van der Waals surface area contributed by atoms with Crippen LogP contribution >= 0.6 is 11.6 Å². The van der Waals surface area contributed by atoms with Crippen LogP contribution in [0.4, 0.5) is 11.4 Å². The highest BCUT2D eigenvalue weighted by Crippen LogP contribution is 2.25. The zero-order valence-corrected chi connectivity index (χ0v) is 18.9. The molecule has 0 aliphatic heterocycles. The Hall–Kier alpha value is -3.43. The van der Waals surface area contributed by atoms with Gasteiger partial charge in [0.05, 0.1) is 33.7 Å². The Labute approximate surface area is 190 Å². The Morgan fingerprint density at radius 3 is 2.59 bits per heavy atom. The number of carbonyl (C=O) groups excluding carboxylic acids is 1. The second-order valence-electron chi connectivity index (χ2n) is 7.39. The number of carbonyl (C=O) groups is 1. The Morgan fingerprint density at radius 2 is 1.84 bits per heavy atom. The number of pyridine rings is 1. The third kappa shape index (κ3) is 4.44. The van der Waals surface area contributed by atoms with Crippen LogP contribution in [0.5, 0.6) is 0 Å². The fourth-order valence-electron chi connectivity index (χ4n) is 3.14. The largest absolute Gasteiger partial charge is 0.321 e. The molecule has 0 spiro atoms. The molecule has 0 aliphatic rings. The summed E-state index contributed by atoms with van der Waals surface area (Å²) in [5.74, 6) is -0.461. The average Bonchev–Trinajstić information content (AvgIpc) is 3.19. The van der Waals surface area contributed by atoms with E-state index < -0.39 is 15.9 Å². The van der Waals surface area contributed by atoms with Crippen molar-refractivity contribution in [3.8, 4) is 0 Å². The Bertz CT molecular complexity index is 1420. The maximum absolute atomic E-state index is 12.8. The van der Waals surface area contributed by atoms with Crippen LogP contribution in [0, 0.1) is 0 Å². The molecule has 8 nitrogen and oxygen atoms in total. The summed E-state index contributed by atoms with van der Waals surface area (Å²) >= 11 is 6.05. The number of aromatic nitrogens is 3. The van der Waals surface area contributed by atoms with E-state index in [0.29, 0.717) is 5.69 Å². The van der Waals surface area contributed by atoms with E-state index in [1.807, 2.05) is 13.8 Å². The number of hydrogen-bond donors (Lipinski definition) is 2. The smallest absolute Gasteiger partial charge is 0.261 e. The molecule has 0 saturated heterocycles. The first-order chi connectivity index (χ1) is 15.2. The highest BCUT2D eigenvalue weighted by molar-refractivity contribution is 7.92. The van der Waals surface area contributed by atoms with Crippen molar-refractivity contribution in [2.75, 3.05) is 10.0 Å². The van der Waals surface area contributed by atoms with E-state index in [2.05, 4.69) is 20.1 Å². The van der Waals surface area contributed by atoms with Gasteiger partial charge in [0.2, 0.25) is 0 Å². The van der Waals surface area contributed by atoms with Gasteiger partial charge < -0.3 is 5.32 Å². The Kier molecular flexibility index (Phi) is 5.86. The third-order valence-electron chi connectivity index (χ3n) is 4.71. The quantitative estimate of drug-likeness (QED) is 0.425. The molecule has 4 rings (SSSR count). The van der Waals surface area contributed by atoms with Gasteiger partial charge in [-0.2, -0.15) is 5.10 Å². The lowest BCUT2D eigenvalue weighted by molar-refractivity contribution is 0.102. The van der Waals surface area contributed by atoms with Crippen molar-refractivity contribution in [2.24, 2.45) is 0 Å². The van der Waals surface area contributed by atoms with E-state index in [-0.39, 0.29) is 27.2 Å². The molecular formula is C22H20ClN5O3S. The van der Waals surface area contributed by atoms with Crippen LogP contribution in [0.2, 0.25) is 5.02 Å². The summed E-state index contributed by atoms with van der Waals surface area (Å²) in [6, 6.07) is 14.2. The van der Waals surface area contributed by atoms with E-state index in [1.165, 1.54) is 24.3 Å². The maximum Gasteiger partial charge on any atom is 0.261 e. The lowest BCUT2D eigenvalue weighted by atomic mass is 10.2. The number of halogens is 1. The zero-order valence-electron chi connectivity index (χ0n) is 17.3. The number of nitrogens with one attached hydrogen (secondary N) is 2. The second kappa shape index (κ2) is 8.60. The van der Waals surface area contributed by atoms with Gasteiger partial charge in [0.15, 0.2) is 5.65 Å². The van der Waals surface area contributed by atoms with Crippen molar-refractivity contribution in [3.05, 3.63) is 77.6 Å². The van der Waals surface area contributed by atoms with Crippen LogP contribution < -0.4 is 10.0 Å². The first-order valence-corrected chi connectivity index (χ1v) is 11.6. The topological polar surface area (TPSA) is 106 Å². The summed E-state index contributed by atoms with van der Waals surface area (Å²) in [7, 11) is -3.94. The minimum Gasteiger partial charge on any atom is -0.321 e. The minimum atomic E-state index is -3.94.